The van der Waals surface area contributed by atoms with Crippen molar-refractivity contribution in [1.82, 2.24) is 4.57 Å². The average molecular weight is 434 g/mol. The molecule has 0 saturated heterocycles. The summed E-state index contributed by atoms with van der Waals surface area (Å²) in [6.45, 7) is 2.63. The van der Waals surface area contributed by atoms with Crippen LogP contribution in [0.1, 0.15) is 12.5 Å². The van der Waals surface area contributed by atoms with E-state index in [4.69, 9.17) is 20.8 Å². The van der Waals surface area contributed by atoms with Crippen LogP contribution in [-0.2, 0) is 20.9 Å². The van der Waals surface area contributed by atoms with Gasteiger partial charge in [0.2, 0.25) is 0 Å². The number of nitro groups is 1. The molecular formula is C19H16ClN3O7. The minimum atomic E-state index is -1.15. The minimum absolute atomic E-state index is 0.0378. The van der Waals surface area contributed by atoms with E-state index in [0.717, 1.165) is 16.2 Å². The fourth-order valence-corrected chi connectivity index (χ4v) is 2.87. The van der Waals surface area contributed by atoms with Crippen molar-refractivity contribution >= 4 is 46.0 Å². The number of anilines is 1. The van der Waals surface area contributed by atoms with Gasteiger partial charge in [-0.1, -0.05) is 17.7 Å². The number of nitrogens with one attached hydrogen (secondary N) is 1. The zero-order valence-electron chi connectivity index (χ0n) is 15.9. The molecule has 1 unspecified atom stereocenters. The molecule has 1 N–H and O–H groups in total. The van der Waals surface area contributed by atoms with Crippen LogP contribution in [0.4, 0.5) is 11.4 Å². The van der Waals surface area contributed by atoms with E-state index in [2.05, 4.69) is 5.32 Å². The lowest BCUT2D eigenvalue weighted by atomic mass is 10.2. The Labute approximate surface area is 174 Å². The number of carbonyl (C=O) groups excluding carboxylic acids is 2. The fraction of sp³-hybridized carbons (Fsp3) is 0.211. The third-order valence-corrected chi connectivity index (χ3v) is 4.52. The molecule has 3 aromatic rings. The largest absolute Gasteiger partial charge is 0.451 e. The van der Waals surface area contributed by atoms with E-state index in [1.165, 1.54) is 19.1 Å². The van der Waals surface area contributed by atoms with Crippen LogP contribution in [-0.4, -0.2) is 27.5 Å². The van der Waals surface area contributed by atoms with Gasteiger partial charge in [-0.15, -0.1) is 0 Å². The number of hydrogen-bond donors (Lipinski definition) is 1. The lowest BCUT2D eigenvalue weighted by molar-refractivity contribution is -0.384. The van der Waals surface area contributed by atoms with Crippen LogP contribution in [0, 0.1) is 17.0 Å². The molecule has 2 aromatic carbocycles. The number of nitrogens with zero attached hydrogens (tertiary/aromatic N) is 2. The maximum atomic E-state index is 12.3. The van der Waals surface area contributed by atoms with Crippen LogP contribution in [0.25, 0.3) is 11.1 Å². The first kappa shape index (κ1) is 21.1. The second kappa shape index (κ2) is 8.37. The van der Waals surface area contributed by atoms with Gasteiger partial charge in [0.05, 0.1) is 16.5 Å². The van der Waals surface area contributed by atoms with E-state index in [0.29, 0.717) is 10.7 Å². The number of rotatable bonds is 6. The number of benzene rings is 2. The van der Waals surface area contributed by atoms with E-state index in [-0.39, 0.29) is 16.8 Å². The highest BCUT2D eigenvalue weighted by molar-refractivity contribution is 6.31. The summed E-state index contributed by atoms with van der Waals surface area (Å²) in [6.07, 6.45) is -1.15. The Bertz CT molecular complexity index is 1210. The highest BCUT2D eigenvalue weighted by Crippen LogP contribution is 2.21. The summed E-state index contributed by atoms with van der Waals surface area (Å²) in [5.74, 6) is -2.31. The highest BCUT2D eigenvalue weighted by Gasteiger charge is 2.21. The van der Waals surface area contributed by atoms with E-state index in [9.17, 15) is 24.5 Å². The van der Waals surface area contributed by atoms with Crippen LogP contribution >= 0.6 is 11.6 Å². The highest BCUT2D eigenvalue weighted by atomic mass is 35.5. The number of ether oxygens (including phenoxy) is 1. The molecule has 1 amide bonds. The Morgan fingerprint density at radius 1 is 1.30 bits per heavy atom. The number of amides is 1. The van der Waals surface area contributed by atoms with Crippen molar-refractivity contribution in [1.29, 1.82) is 0 Å². The molecule has 0 spiro atoms. The summed E-state index contributed by atoms with van der Waals surface area (Å²) in [5, 5.41) is 13.9. The molecule has 156 valence electrons. The molecular weight excluding hydrogens is 418 g/mol. The normalized spacial score (nSPS) is 11.8. The number of esters is 1. The third kappa shape index (κ3) is 4.49. The summed E-state index contributed by atoms with van der Waals surface area (Å²) in [4.78, 5) is 46.8. The van der Waals surface area contributed by atoms with Crippen LogP contribution in [0.2, 0.25) is 5.02 Å². The Morgan fingerprint density at radius 3 is 2.73 bits per heavy atom. The Morgan fingerprint density at radius 2 is 2.03 bits per heavy atom. The van der Waals surface area contributed by atoms with Crippen molar-refractivity contribution in [2.45, 2.75) is 26.5 Å². The summed E-state index contributed by atoms with van der Waals surface area (Å²) in [6, 6.07) is 8.54. The van der Waals surface area contributed by atoms with E-state index < -0.39 is 35.2 Å². The van der Waals surface area contributed by atoms with Crippen molar-refractivity contribution in [3.8, 4) is 0 Å². The van der Waals surface area contributed by atoms with E-state index in [1.54, 1.807) is 25.1 Å². The number of non-ortho nitro benzene ring substituents is 1. The van der Waals surface area contributed by atoms with Gasteiger partial charge in [0, 0.05) is 16.8 Å². The number of oxazole rings is 1. The molecule has 1 aromatic heterocycles. The Kier molecular flexibility index (Phi) is 5.88. The number of hydrogen-bond acceptors (Lipinski definition) is 7. The lowest BCUT2D eigenvalue weighted by Crippen LogP contribution is -2.32. The topological polar surface area (TPSA) is 134 Å². The third-order valence-electron chi connectivity index (χ3n) is 4.28. The molecule has 0 bridgehead atoms. The first-order valence-electron chi connectivity index (χ1n) is 8.70. The number of halogens is 1. The van der Waals surface area contributed by atoms with E-state index >= 15 is 0 Å². The first-order chi connectivity index (χ1) is 14.2. The smallest absolute Gasteiger partial charge is 0.420 e. The first-order valence-corrected chi connectivity index (χ1v) is 9.08. The average Bonchev–Trinajstić information content (AvgIpc) is 2.99. The molecule has 1 heterocycles. The monoisotopic (exact) mass is 433 g/mol. The molecule has 0 saturated carbocycles. The second-order valence-electron chi connectivity index (χ2n) is 6.44. The summed E-state index contributed by atoms with van der Waals surface area (Å²) in [5.41, 5.74) is 1.15. The van der Waals surface area contributed by atoms with Gasteiger partial charge >= 0.3 is 11.7 Å². The van der Waals surface area contributed by atoms with Crippen molar-refractivity contribution in [3.05, 3.63) is 67.6 Å². The number of nitro benzene ring substituents is 1. The maximum Gasteiger partial charge on any atom is 0.420 e. The maximum absolute atomic E-state index is 12.3. The summed E-state index contributed by atoms with van der Waals surface area (Å²) in [7, 11) is 0. The van der Waals surface area contributed by atoms with Gasteiger partial charge in [-0.05, 0) is 37.6 Å². The zero-order chi connectivity index (χ0) is 22.0. The van der Waals surface area contributed by atoms with Crippen LogP contribution < -0.4 is 11.1 Å². The van der Waals surface area contributed by atoms with Gasteiger partial charge in [-0.3, -0.25) is 24.3 Å². The lowest BCUT2D eigenvalue weighted by Gasteiger charge is -2.15. The summed E-state index contributed by atoms with van der Waals surface area (Å²) < 4.78 is 11.0. The molecule has 0 aliphatic rings. The second-order valence-corrected chi connectivity index (χ2v) is 6.88. The predicted molar refractivity (Wildman–Crippen MR) is 108 cm³/mol. The molecule has 3 rings (SSSR count). The molecule has 0 fully saturated rings. The molecule has 0 aliphatic heterocycles. The molecule has 0 aliphatic carbocycles. The predicted octanol–water partition coefficient (Wildman–Crippen LogP) is 3.03. The van der Waals surface area contributed by atoms with Crippen LogP contribution in [0.15, 0.2) is 45.6 Å². The van der Waals surface area contributed by atoms with Crippen molar-refractivity contribution in [3.63, 3.8) is 0 Å². The van der Waals surface area contributed by atoms with Gasteiger partial charge in [0.15, 0.2) is 11.7 Å². The molecule has 11 heteroatoms. The van der Waals surface area contributed by atoms with Gasteiger partial charge in [-0.25, -0.2) is 4.79 Å². The SMILES string of the molecule is Cc1ccc(Cl)cc1NC(=O)C(C)OC(=O)Cn1c(=O)oc2cc([N+](=O)[O-])ccc21. The minimum Gasteiger partial charge on any atom is -0.451 e. The number of carbonyl (C=O) groups is 2. The number of aromatic nitrogens is 1. The number of fused-ring (bicyclic) bond motifs is 1. The van der Waals surface area contributed by atoms with Crippen molar-refractivity contribution in [2.75, 3.05) is 5.32 Å². The Hall–Kier alpha value is -3.66. The van der Waals surface area contributed by atoms with Gasteiger partial charge in [0.25, 0.3) is 11.6 Å². The number of aryl methyl sites for hydroxylation is 1. The summed E-state index contributed by atoms with van der Waals surface area (Å²) >= 11 is 5.92. The molecule has 30 heavy (non-hydrogen) atoms. The Balaban J connectivity index is 1.70. The van der Waals surface area contributed by atoms with Gasteiger partial charge < -0.3 is 14.5 Å². The van der Waals surface area contributed by atoms with Crippen LogP contribution in [0.5, 0.6) is 0 Å². The van der Waals surface area contributed by atoms with Crippen LogP contribution in [0.3, 0.4) is 0 Å². The quantitative estimate of drug-likeness (QED) is 0.358. The standard InChI is InChI=1S/C19H16ClN3O7/c1-10-3-4-12(20)7-14(10)21-18(25)11(2)29-17(24)9-22-15-6-5-13(23(27)28)8-16(15)30-19(22)26/h3-8,11H,9H2,1-2H3,(H,21,25). The fourth-order valence-electron chi connectivity index (χ4n) is 2.70. The molecule has 0 radical (unpaired) electrons. The molecule has 10 nitrogen and oxygen atoms in total. The van der Waals surface area contributed by atoms with E-state index in [1.807, 2.05) is 0 Å². The van der Waals surface area contributed by atoms with Gasteiger partial charge in [-0.2, -0.15) is 0 Å². The molecule has 1 atom stereocenters. The van der Waals surface area contributed by atoms with Crippen molar-refractivity contribution in [2.24, 2.45) is 0 Å². The zero-order valence-corrected chi connectivity index (χ0v) is 16.6. The van der Waals surface area contributed by atoms with Crippen molar-refractivity contribution < 1.29 is 23.7 Å². The van der Waals surface area contributed by atoms with Gasteiger partial charge in [0.1, 0.15) is 6.54 Å².